The number of piperidine rings is 1. The molecule has 0 spiro atoms. The second kappa shape index (κ2) is 4.75. The maximum Gasteiger partial charge on any atom is 0.273 e. The van der Waals surface area contributed by atoms with Gasteiger partial charge in [-0.1, -0.05) is 18.7 Å². The van der Waals surface area contributed by atoms with Crippen LogP contribution in [-0.2, 0) is 14.7 Å². The summed E-state index contributed by atoms with van der Waals surface area (Å²) in [5.74, 6) is 1.23. The van der Waals surface area contributed by atoms with Crippen molar-refractivity contribution in [1.82, 2.24) is 4.31 Å². The molecule has 2 fully saturated rings. The van der Waals surface area contributed by atoms with Crippen LogP contribution in [0, 0.1) is 5.92 Å². The molecule has 4 nitrogen and oxygen atoms in total. The molecular weight excluding hydrogens is 280 g/mol. The average Bonchev–Trinajstić information content (AvgIpc) is 2.94. The summed E-state index contributed by atoms with van der Waals surface area (Å²) in [7, 11) is -2.74. The second-order valence-electron chi connectivity index (χ2n) is 5.06. The van der Waals surface area contributed by atoms with Gasteiger partial charge in [0.15, 0.2) is 0 Å². The van der Waals surface area contributed by atoms with Crippen LogP contribution in [0.3, 0.4) is 0 Å². The summed E-state index contributed by atoms with van der Waals surface area (Å²) in [5.41, 5.74) is 0. The minimum atomic E-state index is -2.74. The Morgan fingerprint density at radius 1 is 1.58 bits per heavy atom. The molecule has 3 aliphatic heterocycles. The Labute approximate surface area is 118 Å². The third kappa shape index (κ3) is 1.84. The van der Waals surface area contributed by atoms with Crippen molar-refractivity contribution in [2.24, 2.45) is 10.3 Å². The van der Waals surface area contributed by atoms with Crippen molar-refractivity contribution >= 4 is 27.6 Å². The van der Waals surface area contributed by atoms with Crippen molar-refractivity contribution in [3.05, 3.63) is 23.6 Å². The van der Waals surface area contributed by atoms with Gasteiger partial charge in [-0.25, -0.2) is 8.51 Å². The van der Waals surface area contributed by atoms with E-state index in [0.717, 1.165) is 18.6 Å². The minimum Gasteiger partial charge on any atom is -0.270 e. The normalized spacial score (nSPS) is 42.7. The molecule has 3 heterocycles. The third-order valence-corrected chi connectivity index (χ3v) is 8.16. The second-order valence-corrected chi connectivity index (χ2v) is 8.52. The van der Waals surface area contributed by atoms with Gasteiger partial charge in [0.05, 0.1) is 4.91 Å². The molecule has 0 N–H and O–H groups in total. The van der Waals surface area contributed by atoms with E-state index in [4.69, 9.17) is 0 Å². The zero-order chi connectivity index (χ0) is 13.6. The predicted molar refractivity (Wildman–Crippen MR) is 79.0 cm³/mol. The summed E-state index contributed by atoms with van der Waals surface area (Å²) in [5, 5.41) is 0.542. The Balaban J connectivity index is 2.03. The maximum atomic E-state index is 13.1. The van der Waals surface area contributed by atoms with E-state index < -0.39 is 9.92 Å². The highest BCUT2D eigenvalue weighted by Gasteiger charge is 2.52. The van der Waals surface area contributed by atoms with Crippen LogP contribution in [0.2, 0.25) is 0 Å². The zero-order valence-electron chi connectivity index (χ0n) is 10.9. The number of amides is 1. The van der Waals surface area contributed by atoms with Crippen LogP contribution in [0.25, 0.3) is 0 Å². The highest BCUT2D eigenvalue weighted by Crippen LogP contribution is 2.45. The molecule has 0 aliphatic carbocycles. The maximum absolute atomic E-state index is 13.1. The lowest BCUT2D eigenvalue weighted by atomic mass is 9.88. The zero-order valence-corrected chi connectivity index (χ0v) is 12.6. The monoisotopic (exact) mass is 298 g/mol. The molecule has 3 aliphatic rings. The molecule has 0 aromatic carbocycles. The SMILES string of the molecule is C=C/C(=C\C)S1(=O)=NC(=O)C2C3CCSC3CCN21. The van der Waals surface area contributed by atoms with Crippen LogP contribution in [0.15, 0.2) is 28.0 Å². The molecule has 1 amide bonds. The predicted octanol–water partition coefficient (Wildman–Crippen LogP) is 2.20. The first-order valence-electron chi connectivity index (χ1n) is 6.60. The number of carbonyl (C=O) groups is 1. The molecule has 4 atom stereocenters. The number of fused-ring (bicyclic) bond motifs is 3. The van der Waals surface area contributed by atoms with Gasteiger partial charge in [0, 0.05) is 11.8 Å². The molecular formula is C13H18N2O2S2. The van der Waals surface area contributed by atoms with Crippen LogP contribution in [-0.4, -0.2) is 38.0 Å². The van der Waals surface area contributed by atoms with Gasteiger partial charge in [0.1, 0.15) is 16.0 Å². The van der Waals surface area contributed by atoms with E-state index in [1.165, 1.54) is 0 Å². The lowest BCUT2D eigenvalue weighted by Crippen LogP contribution is -2.50. The van der Waals surface area contributed by atoms with Gasteiger partial charge in [-0.05, 0) is 31.4 Å². The van der Waals surface area contributed by atoms with E-state index in [9.17, 15) is 9.00 Å². The molecule has 19 heavy (non-hydrogen) atoms. The highest BCUT2D eigenvalue weighted by atomic mass is 32.2. The van der Waals surface area contributed by atoms with E-state index in [2.05, 4.69) is 10.9 Å². The van der Waals surface area contributed by atoms with E-state index >= 15 is 0 Å². The van der Waals surface area contributed by atoms with Crippen molar-refractivity contribution < 1.29 is 9.00 Å². The number of hydrogen-bond acceptors (Lipinski definition) is 3. The first-order valence-corrected chi connectivity index (χ1v) is 9.12. The van der Waals surface area contributed by atoms with Crippen molar-refractivity contribution in [2.45, 2.75) is 31.1 Å². The number of carbonyl (C=O) groups excluding carboxylic acids is 1. The van der Waals surface area contributed by atoms with Crippen LogP contribution in [0.1, 0.15) is 19.8 Å². The smallest absolute Gasteiger partial charge is 0.270 e. The summed E-state index contributed by atoms with van der Waals surface area (Å²) in [6, 6.07) is -0.267. The quantitative estimate of drug-likeness (QED) is 0.734. The number of thioether (sulfide) groups is 1. The van der Waals surface area contributed by atoms with Gasteiger partial charge in [-0.2, -0.15) is 11.8 Å². The van der Waals surface area contributed by atoms with Gasteiger partial charge >= 0.3 is 0 Å². The van der Waals surface area contributed by atoms with Crippen molar-refractivity contribution in [1.29, 1.82) is 0 Å². The van der Waals surface area contributed by atoms with Gasteiger partial charge < -0.3 is 0 Å². The van der Waals surface area contributed by atoms with Gasteiger partial charge in [-0.15, -0.1) is 4.36 Å². The van der Waals surface area contributed by atoms with Crippen molar-refractivity contribution in [3.8, 4) is 0 Å². The van der Waals surface area contributed by atoms with E-state index in [1.54, 1.807) is 12.2 Å². The van der Waals surface area contributed by atoms with Crippen molar-refractivity contribution in [2.75, 3.05) is 12.3 Å². The Morgan fingerprint density at radius 3 is 3.05 bits per heavy atom. The first kappa shape index (κ1) is 13.4. The topological polar surface area (TPSA) is 49.7 Å². The average molecular weight is 298 g/mol. The molecule has 104 valence electrons. The molecule has 0 aromatic rings. The van der Waals surface area contributed by atoms with Gasteiger partial charge in [-0.3, -0.25) is 4.79 Å². The molecule has 0 bridgehead atoms. The fourth-order valence-electron chi connectivity index (χ4n) is 3.31. The lowest BCUT2D eigenvalue weighted by molar-refractivity contribution is -0.122. The van der Waals surface area contributed by atoms with Gasteiger partial charge in [0.25, 0.3) is 5.91 Å². The van der Waals surface area contributed by atoms with Crippen LogP contribution >= 0.6 is 11.8 Å². The summed E-state index contributed by atoms with van der Waals surface area (Å²) < 4.78 is 19.0. The molecule has 2 saturated heterocycles. The van der Waals surface area contributed by atoms with Gasteiger partial charge in [0.2, 0.25) is 0 Å². The van der Waals surface area contributed by atoms with Crippen molar-refractivity contribution in [3.63, 3.8) is 0 Å². The highest BCUT2D eigenvalue weighted by molar-refractivity contribution is 8.00. The summed E-state index contributed by atoms with van der Waals surface area (Å²) in [6.45, 7) is 6.21. The molecule has 0 radical (unpaired) electrons. The molecule has 6 heteroatoms. The lowest BCUT2D eigenvalue weighted by Gasteiger charge is -2.37. The van der Waals surface area contributed by atoms with Crippen LogP contribution in [0.5, 0.6) is 0 Å². The minimum absolute atomic E-state index is 0.191. The fourth-order valence-corrected chi connectivity index (χ4v) is 7.09. The molecule has 0 aromatic heterocycles. The van der Waals surface area contributed by atoms with E-state index in [0.29, 0.717) is 22.6 Å². The van der Waals surface area contributed by atoms with Crippen LogP contribution < -0.4 is 0 Å². The Kier molecular flexibility index (Phi) is 3.35. The number of hydrogen-bond donors (Lipinski definition) is 0. The summed E-state index contributed by atoms with van der Waals surface area (Å²) in [4.78, 5) is 12.8. The Bertz CT molecular complexity index is 575. The largest absolute Gasteiger partial charge is 0.273 e. The molecule has 4 unspecified atom stereocenters. The summed E-state index contributed by atoms with van der Waals surface area (Å²) >= 11 is 1.95. The fraction of sp³-hybridized carbons (Fsp3) is 0.615. The summed E-state index contributed by atoms with van der Waals surface area (Å²) in [6.07, 6.45) is 5.35. The Morgan fingerprint density at radius 2 is 2.37 bits per heavy atom. The first-order chi connectivity index (χ1) is 9.11. The molecule has 0 saturated carbocycles. The number of allylic oxidation sites excluding steroid dienone is 2. The third-order valence-electron chi connectivity index (χ3n) is 4.19. The Hall–Kier alpha value is -0.590. The number of nitrogens with zero attached hydrogens (tertiary/aromatic N) is 2. The standard InChI is InChI=1S/C13H18N2O2S2/c1-3-9(4-2)19(17)14-13(16)12-10-6-8-18-11(10)5-7-15(12)19/h3-4,10-12H,1,5-8H2,2H3/b9-4+. The number of rotatable bonds is 2. The van der Waals surface area contributed by atoms with E-state index in [-0.39, 0.29) is 11.9 Å². The molecule has 3 rings (SSSR count). The van der Waals surface area contributed by atoms with E-state index in [1.807, 2.05) is 23.0 Å². The van der Waals surface area contributed by atoms with Crippen LogP contribution in [0.4, 0.5) is 0 Å².